The number of hydrazone groups is 1. The van der Waals surface area contributed by atoms with Gasteiger partial charge in [-0.15, -0.1) is 0 Å². The van der Waals surface area contributed by atoms with Crippen molar-refractivity contribution in [1.82, 2.24) is 9.35 Å². The van der Waals surface area contributed by atoms with Gasteiger partial charge < -0.3 is 0 Å². The Hall–Kier alpha value is -0.250. The lowest BCUT2D eigenvalue weighted by atomic mass is 10.3. The minimum Gasteiger partial charge on any atom is -0.285 e. The van der Waals surface area contributed by atoms with Gasteiger partial charge in [-0.1, -0.05) is 13.3 Å². The van der Waals surface area contributed by atoms with Gasteiger partial charge in [0, 0.05) is 0 Å². The standard InChI is InChI=1S/C5H10BrN3/c1-2-3-5-8-7-4-9(5)6/h4-5,8H,2-3H2,1H3. The van der Waals surface area contributed by atoms with Gasteiger partial charge in [0.15, 0.2) is 0 Å². The topological polar surface area (TPSA) is 27.6 Å². The Morgan fingerprint density at radius 1 is 1.89 bits per heavy atom. The molecule has 0 aromatic heterocycles. The van der Waals surface area contributed by atoms with Gasteiger partial charge in [-0.25, -0.2) is 0 Å². The first-order chi connectivity index (χ1) is 4.34. The van der Waals surface area contributed by atoms with Gasteiger partial charge in [-0.05, 0) is 6.42 Å². The van der Waals surface area contributed by atoms with E-state index >= 15 is 0 Å². The van der Waals surface area contributed by atoms with E-state index in [4.69, 9.17) is 0 Å². The highest BCUT2D eigenvalue weighted by Crippen LogP contribution is 2.10. The SMILES string of the molecule is CCCC1NN=CN1Br. The third-order valence-corrected chi connectivity index (χ3v) is 1.93. The minimum atomic E-state index is 0.356. The number of hydrogen-bond donors (Lipinski definition) is 1. The van der Waals surface area contributed by atoms with Crippen LogP contribution in [0.15, 0.2) is 5.10 Å². The van der Waals surface area contributed by atoms with Crippen LogP contribution in [0.1, 0.15) is 19.8 Å². The molecule has 1 atom stereocenters. The molecule has 0 aromatic carbocycles. The number of halogens is 1. The molecule has 1 unspecified atom stereocenters. The van der Waals surface area contributed by atoms with Gasteiger partial charge in [-0.2, -0.15) is 5.10 Å². The van der Waals surface area contributed by atoms with Crippen molar-refractivity contribution in [2.24, 2.45) is 5.10 Å². The van der Waals surface area contributed by atoms with Crippen LogP contribution in [-0.4, -0.2) is 16.4 Å². The molecule has 0 fully saturated rings. The Kier molecular flexibility index (Phi) is 2.33. The number of nitrogens with one attached hydrogen (secondary N) is 1. The molecule has 0 radical (unpaired) electrons. The van der Waals surface area contributed by atoms with Crippen molar-refractivity contribution in [3.05, 3.63) is 0 Å². The van der Waals surface area contributed by atoms with E-state index in [0.717, 1.165) is 6.42 Å². The summed E-state index contributed by atoms with van der Waals surface area (Å²) in [5.41, 5.74) is 2.96. The maximum atomic E-state index is 3.87. The summed E-state index contributed by atoms with van der Waals surface area (Å²) in [7, 11) is 0. The zero-order valence-corrected chi connectivity index (χ0v) is 6.93. The molecule has 0 saturated carbocycles. The highest BCUT2D eigenvalue weighted by atomic mass is 79.9. The molecule has 1 aliphatic rings. The lowest BCUT2D eigenvalue weighted by molar-refractivity contribution is 0.418. The minimum absolute atomic E-state index is 0.356. The number of nitrogens with zero attached hydrogens (tertiary/aromatic N) is 2. The zero-order chi connectivity index (χ0) is 6.69. The highest BCUT2D eigenvalue weighted by Gasteiger charge is 2.15. The summed E-state index contributed by atoms with van der Waals surface area (Å²) in [4.78, 5) is 0. The summed E-state index contributed by atoms with van der Waals surface area (Å²) in [6, 6.07) is 0. The second-order valence-corrected chi connectivity index (χ2v) is 2.84. The monoisotopic (exact) mass is 191 g/mol. The third kappa shape index (κ3) is 1.58. The second-order valence-electron chi connectivity index (χ2n) is 2.02. The molecule has 0 spiro atoms. The second kappa shape index (κ2) is 3.06. The van der Waals surface area contributed by atoms with E-state index in [1.54, 1.807) is 6.34 Å². The summed E-state index contributed by atoms with van der Waals surface area (Å²) < 4.78 is 1.90. The van der Waals surface area contributed by atoms with E-state index in [1.807, 2.05) is 3.93 Å². The Morgan fingerprint density at radius 3 is 3.11 bits per heavy atom. The summed E-state index contributed by atoms with van der Waals surface area (Å²) in [5, 5.41) is 3.87. The Balaban J connectivity index is 2.28. The van der Waals surface area contributed by atoms with Gasteiger partial charge in [-0.3, -0.25) is 9.35 Å². The van der Waals surface area contributed by atoms with Crippen molar-refractivity contribution in [1.29, 1.82) is 0 Å². The van der Waals surface area contributed by atoms with Crippen LogP contribution in [0.3, 0.4) is 0 Å². The van der Waals surface area contributed by atoms with E-state index in [1.165, 1.54) is 6.42 Å². The first-order valence-electron chi connectivity index (χ1n) is 3.07. The molecular formula is C5H10BrN3. The van der Waals surface area contributed by atoms with Crippen LogP contribution in [-0.2, 0) is 0 Å². The van der Waals surface area contributed by atoms with Crippen molar-refractivity contribution >= 4 is 22.5 Å². The van der Waals surface area contributed by atoms with Crippen molar-refractivity contribution in [3.8, 4) is 0 Å². The largest absolute Gasteiger partial charge is 0.285 e. The predicted octanol–water partition coefficient (Wildman–Crippen LogP) is 1.27. The van der Waals surface area contributed by atoms with Crippen LogP contribution >= 0.6 is 16.1 Å². The molecule has 0 bridgehead atoms. The van der Waals surface area contributed by atoms with Crippen LogP contribution in [0, 0.1) is 0 Å². The van der Waals surface area contributed by atoms with Gasteiger partial charge in [0.2, 0.25) is 0 Å². The normalized spacial score (nSPS) is 24.7. The quantitative estimate of drug-likeness (QED) is 0.667. The van der Waals surface area contributed by atoms with Crippen molar-refractivity contribution in [2.75, 3.05) is 0 Å². The molecule has 1 heterocycles. The van der Waals surface area contributed by atoms with Crippen LogP contribution in [0.5, 0.6) is 0 Å². The average Bonchev–Trinajstić information content (AvgIpc) is 2.18. The summed E-state index contributed by atoms with van der Waals surface area (Å²) in [5.74, 6) is 0. The molecule has 1 rings (SSSR count). The first-order valence-corrected chi connectivity index (χ1v) is 3.78. The predicted molar refractivity (Wildman–Crippen MR) is 41.1 cm³/mol. The van der Waals surface area contributed by atoms with E-state index in [9.17, 15) is 0 Å². The fourth-order valence-electron chi connectivity index (χ4n) is 0.771. The van der Waals surface area contributed by atoms with Crippen LogP contribution in [0.4, 0.5) is 0 Å². The average molecular weight is 192 g/mol. The molecule has 1 N–H and O–H groups in total. The molecule has 3 nitrogen and oxygen atoms in total. The molecule has 0 aliphatic carbocycles. The van der Waals surface area contributed by atoms with Crippen molar-refractivity contribution in [2.45, 2.75) is 25.9 Å². The molecule has 0 amide bonds. The highest BCUT2D eigenvalue weighted by molar-refractivity contribution is 9.07. The molecule has 9 heavy (non-hydrogen) atoms. The number of hydrogen-bond acceptors (Lipinski definition) is 3. The lowest BCUT2D eigenvalue weighted by Gasteiger charge is -2.14. The van der Waals surface area contributed by atoms with Crippen LogP contribution < -0.4 is 5.43 Å². The maximum absolute atomic E-state index is 3.87. The van der Waals surface area contributed by atoms with E-state index in [-0.39, 0.29) is 0 Å². The van der Waals surface area contributed by atoms with Gasteiger partial charge in [0.1, 0.15) is 12.5 Å². The molecule has 1 aliphatic heterocycles. The van der Waals surface area contributed by atoms with Crippen LogP contribution in [0.25, 0.3) is 0 Å². The van der Waals surface area contributed by atoms with Gasteiger partial charge in [0.25, 0.3) is 0 Å². The van der Waals surface area contributed by atoms with E-state index < -0.39 is 0 Å². The van der Waals surface area contributed by atoms with Gasteiger partial charge >= 0.3 is 0 Å². The van der Waals surface area contributed by atoms with E-state index in [2.05, 4.69) is 33.6 Å². The maximum Gasteiger partial charge on any atom is 0.126 e. The fraction of sp³-hybridized carbons (Fsp3) is 0.800. The smallest absolute Gasteiger partial charge is 0.126 e. The summed E-state index contributed by atoms with van der Waals surface area (Å²) in [6.07, 6.45) is 4.38. The fourth-order valence-corrected chi connectivity index (χ4v) is 1.16. The molecule has 4 heteroatoms. The van der Waals surface area contributed by atoms with Crippen molar-refractivity contribution < 1.29 is 0 Å². The van der Waals surface area contributed by atoms with E-state index in [0.29, 0.717) is 6.17 Å². The van der Waals surface area contributed by atoms with Gasteiger partial charge in [0.05, 0.1) is 16.1 Å². The Morgan fingerprint density at radius 2 is 2.67 bits per heavy atom. The zero-order valence-electron chi connectivity index (χ0n) is 5.34. The number of rotatable bonds is 2. The molecule has 0 saturated heterocycles. The molecular weight excluding hydrogens is 182 g/mol. The molecule has 0 aromatic rings. The Labute approximate surface area is 63.4 Å². The summed E-state index contributed by atoms with van der Waals surface area (Å²) in [6.45, 7) is 2.15. The Bertz CT molecular complexity index is 115. The summed E-state index contributed by atoms with van der Waals surface area (Å²) >= 11 is 3.33. The first kappa shape index (κ1) is 6.86. The molecule has 52 valence electrons. The third-order valence-electron chi connectivity index (χ3n) is 1.25. The van der Waals surface area contributed by atoms with Crippen molar-refractivity contribution in [3.63, 3.8) is 0 Å². The van der Waals surface area contributed by atoms with Crippen LogP contribution in [0.2, 0.25) is 0 Å². The lowest BCUT2D eigenvalue weighted by Crippen LogP contribution is -2.29.